The van der Waals surface area contributed by atoms with Gasteiger partial charge in [0.1, 0.15) is 5.82 Å². The van der Waals surface area contributed by atoms with Crippen LogP contribution < -0.4 is 9.62 Å². The van der Waals surface area contributed by atoms with Crippen molar-refractivity contribution < 1.29 is 22.4 Å². The summed E-state index contributed by atoms with van der Waals surface area (Å²) in [5.74, 6) is -2.20. The number of benzene rings is 2. The monoisotopic (exact) mass is 382 g/mol. The van der Waals surface area contributed by atoms with E-state index in [0.29, 0.717) is 4.31 Å². The molecule has 0 aliphatic carbocycles. The molecule has 0 spiro atoms. The third-order valence-electron chi connectivity index (χ3n) is 3.63. The van der Waals surface area contributed by atoms with Crippen LogP contribution in [0.4, 0.5) is 15.8 Å². The van der Waals surface area contributed by atoms with E-state index in [0.717, 1.165) is 0 Å². The number of anilines is 2. The number of nitrogens with zero attached hydrogens (tertiary/aromatic N) is 1. The van der Waals surface area contributed by atoms with E-state index in [4.69, 9.17) is 11.6 Å². The fourth-order valence-electron chi connectivity index (χ4n) is 2.42. The predicted molar refractivity (Wildman–Crippen MR) is 91.7 cm³/mol. The zero-order chi connectivity index (χ0) is 18.2. The third-order valence-corrected chi connectivity index (χ3v) is 5.62. The molecule has 0 unspecified atom stereocenters. The highest BCUT2D eigenvalue weighted by Crippen LogP contribution is 2.33. The minimum absolute atomic E-state index is 0.0151. The maximum atomic E-state index is 13.6. The van der Waals surface area contributed by atoms with E-state index in [9.17, 15) is 22.4 Å². The molecule has 1 saturated heterocycles. The second-order valence-corrected chi connectivity index (χ2v) is 7.67. The van der Waals surface area contributed by atoms with Gasteiger partial charge in [0.2, 0.25) is 15.9 Å². The van der Waals surface area contributed by atoms with Gasteiger partial charge in [-0.05, 0) is 30.3 Å². The van der Waals surface area contributed by atoms with Gasteiger partial charge in [-0.3, -0.25) is 9.59 Å². The Bertz CT molecular complexity index is 978. The molecule has 130 valence electrons. The van der Waals surface area contributed by atoms with Crippen LogP contribution in [0.2, 0.25) is 5.02 Å². The Morgan fingerprint density at radius 2 is 1.92 bits per heavy atom. The Hall–Kier alpha value is -2.45. The van der Waals surface area contributed by atoms with Crippen molar-refractivity contribution in [1.29, 1.82) is 0 Å². The third kappa shape index (κ3) is 3.35. The molecule has 1 aliphatic rings. The predicted octanol–water partition coefficient (Wildman–Crippen LogP) is 2.80. The molecule has 3 rings (SSSR count). The number of para-hydroxylation sites is 1. The number of hydrogen-bond acceptors (Lipinski definition) is 4. The van der Waals surface area contributed by atoms with Crippen LogP contribution in [0.5, 0.6) is 0 Å². The Kier molecular flexibility index (Phi) is 4.49. The lowest BCUT2D eigenvalue weighted by molar-refractivity contribution is -0.116. The van der Waals surface area contributed by atoms with Gasteiger partial charge in [-0.25, -0.2) is 17.1 Å². The van der Waals surface area contributed by atoms with Crippen LogP contribution in [-0.2, 0) is 14.8 Å². The highest BCUT2D eigenvalue weighted by Gasteiger charge is 2.37. The van der Waals surface area contributed by atoms with Gasteiger partial charge in [-0.15, -0.1) is 0 Å². The fourth-order valence-corrected chi connectivity index (χ4v) is 4.13. The topological polar surface area (TPSA) is 83.6 Å². The van der Waals surface area contributed by atoms with Gasteiger partial charge in [-0.2, -0.15) is 0 Å². The van der Waals surface area contributed by atoms with E-state index in [1.165, 1.54) is 36.4 Å². The molecule has 1 fully saturated rings. The van der Waals surface area contributed by atoms with E-state index in [2.05, 4.69) is 5.32 Å². The maximum Gasteiger partial charge on any atom is 0.255 e. The summed E-state index contributed by atoms with van der Waals surface area (Å²) >= 11 is 6.01. The lowest BCUT2D eigenvalue weighted by Gasteiger charge is -2.17. The smallest absolute Gasteiger partial charge is 0.255 e. The zero-order valence-corrected chi connectivity index (χ0v) is 14.3. The number of sulfonamides is 1. The van der Waals surface area contributed by atoms with Gasteiger partial charge in [0.15, 0.2) is 0 Å². The van der Waals surface area contributed by atoms with Gasteiger partial charge >= 0.3 is 0 Å². The van der Waals surface area contributed by atoms with Crippen LogP contribution >= 0.6 is 11.6 Å². The summed E-state index contributed by atoms with van der Waals surface area (Å²) in [5.41, 5.74) is -0.0724. The summed E-state index contributed by atoms with van der Waals surface area (Å²) in [6.45, 7) is 0. The second-order valence-electron chi connectivity index (χ2n) is 5.32. The molecular weight excluding hydrogens is 371 g/mol. The van der Waals surface area contributed by atoms with E-state index in [1.54, 1.807) is 6.07 Å². The highest BCUT2D eigenvalue weighted by atomic mass is 35.5. The molecule has 1 heterocycles. The molecule has 2 aromatic rings. The Labute approximate surface area is 148 Å². The molecule has 0 saturated carbocycles. The van der Waals surface area contributed by atoms with Gasteiger partial charge in [0, 0.05) is 12.0 Å². The van der Waals surface area contributed by atoms with Gasteiger partial charge < -0.3 is 5.32 Å². The average molecular weight is 383 g/mol. The average Bonchev–Trinajstić information content (AvgIpc) is 2.83. The molecule has 0 atom stereocenters. The van der Waals surface area contributed by atoms with Gasteiger partial charge in [0.05, 0.1) is 22.2 Å². The lowest BCUT2D eigenvalue weighted by atomic mass is 10.1. The van der Waals surface area contributed by atoms with Crippen LogP contribution in [0.25, 0.3) is 0 Å². The molecule has 1 N–H and O–H groups in total. The minimum atomic E-state index is -3.81. The molecule has 1 aliphatic heterocycles. The highest BCUT2D eigenvalue weighted by molar-refractivity contribution is 7.94. The number of hydrogen-bond donors (Lipinski definition) is 1. The summed E-state index contributed by atoms with van der Waals surface area (Å²) < 4.78 is 38.3. The van der Waals surface area contributed by atoms with Crippen LogP contribution in [-0.4, -0.2) is 26.0 Å². The quantitative estimate of drug-likeness (QED) is 0.884. The normalized spacial score (nSPS) is 16.1. The Morgan fingerprint density at radius 1 is 1.20 bits per heavy atom. The standard InChI is InChI=1S/C16H12ClFN2O4S/c17-11-6-5-10(16(22)19-13-4-2-1-3-12(13)18)9-14(11)20-15(21)7-8-25(20,23)24/h1-6,9H,7-8H2,(H,19,22). The first-order valence-corrected chi connectivity index (χ1v) is 9.19. The van der Waals surface area contributed by atoms with Gasteiger partial charge in [0.25, 0.3) is 5.91 Å². The van der Waals surface area contributed by atoms with Crippen molar-refractivity contribution in [3.63, 3.8) is 0 Å². The number of nitrogens with one attached hydrogen (secondary N) is 1. The van der Waals surface area contributed by atoms with Crippen molar-refractivity contribution in [2.75, 3.05) is 15.4 Å². The summed E-state index contributed by atoms with van der Waals surface area (Å²) in [7, 11) is -3.81. The van der Waals surface area contributed by atoms with Crippen LogP contribution in [0.15, 0.2) is 42.5 Å². The molecule has 2 amide bonds. The minimum Gasteiger partial charge on any atom is -0.319 e. The van der Waals surface area contributed by atoms with Gasteiger partial charge in [-0.1, -0.05) is 23.7 Å². The number of carbonyl (C=O) groups is 2. The lowest BCUT2D eigenvalue weighted by Crippen LogP contribution is -2.30. The molecule has 9 heteroatoms. The molecule has 0 aromatic heterocycles. The summed E-state index contributed by atoms with van der Waals surface area (Å²) in [6.07, 6.45) is -0.148. The molecule has 25 heavy (non-hydrogen) atoms. The summed E-state index contributed by atoms with van der Waals surface area (Å²) in [4.78, 5) is 24.2. The van der Waals surface area contributed by atoms with E-state index < -0.39 is 27.7 Å². The summed E-state index contributed by atoms with van der Waals surface area (Å²) in [6, 6.07) is 9.48. The molecule has 0 radical (unpaired) electrons. The second kappa shape index (κ2) is 6.45. The Balaban J connectivity index is 1.96. The SMILES string of the molecule is O=C(Nc1ccccc1F)c1ccc(Cl)c(N2C(=O)CCS2(=O)=O)c1. The van der Waals surface area contributed by atoms with Crippen LogP contribution in [0, 0.1) is 5.82 Å². The number of amides is 2. The largest absolute Gasteiger partial charge is 0.319 e. The Morgan fingerprint density at radius 3 is 2.56 bits per heavy atom. The van der Waals surface area contributed by atoms with Crippen LogP contribution in [0.1, 0.15) is 16.8 Å². The van der Waals surface area contributed by atoms with Crippen molar-refractivity contribution in [1.82, 2.24) is 0 Å². The van der Waals surface area contributed by atoms with E-state index in [1.807, 2.05) is 0 Å². The van der Waals surface area contributed by atoms with Crippen molar-refractivity contribution >= 4 is 44.8 Å². The van der Waals surface area contributed by atoms with Crippen molar-refractivity contribution in [2.45, 2.75) is 6.42 Å². The van der Waals surface area contributed by atoms with E-state index >= 15 is 0 Å². The first kappa shape index (κ1) is 17.4. The number of halogens is 2. The van der Waals surface area contributed by atoms with Crippen molar-refractivity contribution in [3.05, 3.63) is 58.9 Å². The van der Waals surface area contributed by atoms with E-state index in [-0.39, 0.29) is 34.1 Å². The number of carbonyl (C=O) groups excluding carboxylic acids is 2. The zero-order valence-electron chi connectivity index (χ0n) is 12.7. The fraction of sp³-hybridized carbons (Fsp3) is 0.125. The molecule has 0 bridgehead atoms. The van der Waals surface area contributed by atoms with Crippen molar-refractivity contribution in [3.8, 4) is 0 Å². The molecule has 2 aromatic carbocycles. The number of rotatable bonds is 3. The maximum absolute atomic E-state index is 13.6. The van der Waals surface area contributed by atoms with Crippen molar-refractivity contribution in [2.24, 2.45) is 0 Å². The molecule has 6 nitrogen and oxygen atoms in total. The van der Waals surface area contributed by atoms with Crippen LogP contribution in [0.3, 0.4) is 0 Å². The first-order chi connectivity index (χ1) is 11.8. The molecular formula is C16H12ClFN2O4S. The summed E-state index contributed by atoms with van der Waals surface area (Å²) in [5, 5.41) is 2.40. The first-order valence-electron chi connectivity index (χ1n) is 7.21.